The lowest BCUT2D eigenvalue weighted by Gasteiger charge is -2.26. The van der Waals surface area contributed by atoms with Crippen LogP contribution in [0.3, 0.4) is 0 Å². The molecule has 6 N–H and O–H groups in total. The van der Waals surface area contributed by atoms with E-state index in [1.54, 1.807) is 18.3 Å². The Bertz CT molecular complexity index is 696. The second kappa shape index (κ2) is 6.17. The average Bonchev–Trinajstić information content (AvgIpc) is 2.87. The van der Waals surface area contributed by atoms with Crippen LogP contribution in [0.1, 0.15) is 12.0 Å². The fraction of sp³-hybridized carbons (Fsp3) is 0.333. The van der Waals surface area contributed by atoms with Crippen molar-refractivity contribution in [3.63, 3.8) is 0 Å². The number of hydrogen-bond donors (Lipinski definition) is 5. The highest BCUT2D eigenvalue weighted by Gasteiger charge is 2.40. The van der Waals surface area contributed by atoms with Gasteiger partial charge in [0.05, 0.1) is 5.92 Å². The monoisotopic (exact) mass is 306 g/mol. The van der Waals surface area contributed by atoms with E-state index in [9.17, 15) is 19.8 Å². The van der Waals surface area contributed by atoms with Crippen molar-refractivity contribution < 1.29 is 24.9 Å². The fourth-order valence-corrected chi connectivity index (χ4v) is 2.51. The normalized spacial score (nSPS) is 15.4. The molecule has 2 rings (SSSR count). The number of H-pyrrole nitrogens is 1. The summed E-state index contributed by atoms with van der Waals surface area (Å²) in [4.78, 5) is 25.5. The summed E-state index contributed by atoms with van der Waals surface area (Å²) in [6.07, 6.45) is 0.973. The maximum absolute atomic E-state index is 11.5. The van der Waals surface area contributed by atoms with Crippen LogP contribution >= 0.6 is 0 Å². The van der Waals surface area contributed by atoms with Gasteiger partial charge in [-0.05, 0) is 11.6 Å². The highest BCUT2D eigenvalue weighted by Crippen LogP contribution is 2.27. The van der Waals surface area contributed by atoms with Crippen LogP contribution in [-0.4, -0.2) is 44.4 Å². The molecule has 0 spiro atoms. The lowest BCUT2D eigenvalue weighted by atomic mass is 9.85. The summed E-state index contributed by atoms with van der Waals surface area (Å²) in [7, 11) is 0. The third kappa shape index (κ3) is 3.10. The summed E-state index contributed by atoms with van der Waals surface area (Å²) in [6, 6.07) is 7.28. The number of carboxylic acids is 2. The molecule has 7 nitrogen and oxygen atoms in total. The first-order chi connectivity index (χ1) is 10.4. The van der Waals surface area contributed by atoms with Crippen molar-refractivity contribution >= 4 is 22.8 Å². The molecule has 2 atom stereocenters. The molecule has 0 fully saturated rings. The Balaban J connectivity index is 2.32. The van der Waals surface area contributed by atoms with Crippen molar-refractivity contribution in [2.45, 2.75) is 18.4 Å². The Morgan fingerprint density at radius 2 is 1.95 bits per heavy atom. The van der Waals surface area contributed by atoms with Crippen molar-refractivity contribution in [1.82, 2.24) is 4.98 Å². The smallest absolute Gasteiger partial charge is 0.336 e. The van der Waals surface area contributed by atoms with Gasteiger partial charge in [-0.1, -0.05) is 18.2 Å². The molecule has 0 aliphatic heterocycles. The molecule has 1 heterocycles. The number of aliphatic carboxylic acids is 2. The molecular formula is C15H18N2O5. The van der Waals surface area contributed by atoms with Gasteiger partial charge >= 0.3 is 11.9 Å². The summed E-state index contributed by atoms with van der Waals surface area (Å²) in [5.41, 5.74) is 4.60. The van der Waals surface area contributed by atoms with Crippen LogP contribution in [0.5, 0.6) is 0 Å². The van der Waals surface area contributed by atoms with Crippen molar-refractivity contribution in [3.8, 4) is 0 Å². The third-order valence-electron chi connectivity index (χ3n) is 3.77. The number of hydrogen-bond acceptors (Lipinski definition) is 4. The van der Waals surface area contributed by atoms with Crippen molar-refractivity contribution in [2.75, 3.05) is 6.54 Å². The zero-order valence-electron chi connectivity index (χ0n) is 11.8. The first-order valence-corrected chi connectivity index (χ1v) is 6.81. The standard InChI is InChI=1S/C15H18N2O5/c16-7-9(13(18)19)5-15(22,14(20)21)6-10-8-17-12-4-2-1-3-11(10)12/h1-4,8-9,17,22H,5-7,16H2,(H,18,19)(H,20,21). The number of rotatable bonds is 7. The van der Waals surface area contributed by atoms with E-state index in [0.29, 0.717) is 5.56 Å². The molecule has 1 aromatic carbocycles. The summed E-state index contributed by atoms with van der Waals surface area (Å²) in [5.74, 6) is -3.80. The van der Waals surface area contributed by atoms with Crippen LogP contribution in [0.25, 0.3) is 10.9 Å². The minimum absolute atomic E-state index is 0.198. The minimum Gasteiger partial charge on any atom is -0.481 e. The first kappa shape index (κ1) is 16.0. The number of benzene rings is 1. The predicted octanol–water partition coefficient (Wildman–Crippen LogP) is 0.576. The summed E-state index contributed by atoms with van der Waals surface area (Å²) in [5, 5.41) is 29.6. The van der Waals surface area contributed by atoms with E-state index in [0.717, 1.165) is 10.9 Å². The number of fused-ring (bicyclic) bond motifs is 1. The molecule has 2 unspecified atom stereocenters. The van der Waals surface area contributed by atoms with E-state index in [2.05, 4.69) is 4.98 Å². The molecule has 0 aliphatic rings. The predicted molar refractivity (Wildman–Crippen MR) is 79.4 cm³/mol. The largest absolute Gasteiger partial charge is 0.481 e. The number of aromatic nitrogens is 1. The second-order valence-electron chi connectivity index (χ2n) is 5.35. The molecule has 1 aromatic heterocycles. The summed E-state index contributed by atoms with van der Waals surface area (Å²) in [6.45, 7) is -0.237. The fourth-order valence-electron chi connectivity index (χ4n) is 2.51. The Kier molecular flexibility index (Phi) is 4.48. The van der Waals surface area contributed by atoms with E-state index in [-0.39, 0.29) is 13.0 Å². The Labute approximate surface area is 126 Å². The highest BCUT2D eigenvalue weighted by molar-refractivity contribution is 5.85. The molecule has 118 valence electrons. The summed E-state index contributed by atoms with van der Waals surface area (Å²) < 4.78 is 0. The number of carboxylic acid groups (broad SMARTS) is 2. The van der Waals surface area contributed by atoms with Crippen LogP contribution in [0.2, 0.25) is 0 Å². The van der Waals surface area contributed by atoms with Crippen LogP contribution in [0.4, 0.5) is 0 Å². The molecular weight excluding hydrogens is 288 g/mol. The van der Waals surface area contributed by atoms with Crippen LogP contribution < -0.4 is 5.73 Å². The maximum Gasteiger partial charge on any atom is 0.336 e. The van der Waals surface area contributed by atoms with Gasteiger partial charge in [-0.15, -0.1) is 0 Å². The van der Waals surface area contributed by atoms with Gasteiger partial charge in [-0.2, -0.15) is 0 Å². The zero-order valence-corrected chi connectivity index (χ0v) is 11.8. The number of carbonyl (C=O) groups is 2. The Morgan fingerprint density at radius 3 is 2.55 bits per heavy atom. The van der Waals surface area contributed by atoms with E-state index >= 15 is 0 Å². The number of para-hydroxylation sites is 1. The van der Waals surface area contributed by atoms with Crippen molar-refractivity contribution in [1.29, 1.82) is 0 Å². The molecule has 7 heteroatoms. The van der Waals surface area contributed by atoms with Crippen LogP contribution in [0, 0.1) is 5.92 Å². The number of nitrogens with one attached hydrogen (secondary N) is 1. The lowest BCUT2D eigenvalue weighted by molar-refractivity contribution is -0.162. The average molecular weight is 306 g/mol. The van der Waals surface area contributed by atoms with Gasteiger partial charge in [0.15, 0.2) is 5.60 Å². The van der Waals surface area contributed by atoms with Gasteiger partial charge in [-0.25, -0.2) is 4.79 Å². The maximum atomic E-state index is 11.5. The van der Waals surface area contributed by atoms with Gasteiger partial charge in [0.1, 0.15) is 0 Å². The highest BCUT2D eigenvalue weighted by atomic mass is 16.4. The van der Waals surface area contributed by atoms with Gasteiger partial charge in [0.2, 0.25) is 0 Å². The molecule has 0 aliphatic carbocycles. The molecule has 22 heavy (non-hydrogen) atoms. The van der Waals surface area contributed by atoms with E-state index < -0.39 is 29.9 Å². The molecule has 2 aromatic rings. The van der Waals surface area contributed by atoms with Gasteiger partial charge in [0, 0.05) is 36.5 Å². The van der Waals surface area contributed by atoms with E-state index in [1.165, 1.54) is 0 Å². The lowest BCUT2D eigenvalue weighted by Crippen LogP contribution is -2.45. The van der Waals surface area contributed by atoms with E-state index in [4.69, 9.17) is 10.8 Å². The quantitative estimate of drug-likeness (QED) is 0.507. The van der Waals surface area contributed by atoms with Crippen LogP contribution in [0.15, 0.2) is 30.5 Å². The minimum atomic E-state index is -2.19. The molecule has 0 radical (unpaired) electrons. The van der Waals surface area contributed by atoms with Crippen molar-refractivity contribution in [2.24, 2.45) is 11.7 Å². The number of aromatic amines is 1. The van der Waals surface area contributed by atoms with Crippen molar-refractivity contribution in [3.05, 3.63) is 36.0 Å². The molecule has 0 amide bonds. The van der Waals surface area contributed by atoms with Gasteiger partial charge < -0.3 is 26.0 Å². The zero-order chi connectivity index (χ0) is 16.3. The first-order valence-electron chi connectivity index (χ1n) is 6.81. The third-order valence-corrected chi connectivity index (χ3v) is 3.77. The SMILES string of the molecule is NCC(CC(O)(Cc1c[nH]c2ccccc12)C(=O)O)C(=O)O. The van der Waals surface area contributed by atoms with Gasteiger partial charge in [-0.3, -0.25) is 4.79 Å². The Morgan fingerprint density at radius 1 is 1.27 bits per heavy atom. The number of nitrogens with two attached hydrogens (primary N) is 1. The molecule has 0 saturated heterocycles. The molecule has 0 saturated carbocycles. The number of aliphatic hydroxyl groups is 1. The Hall–Kier alpha value is -2.38. The topological polar surface area (TPSA) is 137 Å². The second-order valence-corrected chi connectivity index (χ2v) is 5.35. The van der Waals surface area contributed by atoms with Gasteiger partial charge in [0.25, 0.3) is 0 Å². The van der Waals surface area contributed by atoms with E-state index in [1.807, 2.05) is 12.1 Å². The summed E-state index contributed by atoms with van der Waals surface area (Å²) >= 11 is 0. The molecule has 0 bridgehead atoms. The van der Waals surface area contributed by atoms with Crippen LogP contribution in [-0.2, 0) is 16.0 Å².